The standard InChI is InChI=1S/C14H20FN3O2/c1-9(8-10-4-6-11(15)7-5-10)17-13(19)14(2,3)12(16)18-20/h4-7,9,20H,8H2,1-3H3,(H2,16,18)(H,17,19). The Hall–Kier alpha value is -2.11. The number of benzene rings is 1. The Balaban J connectivity index is 2.64. The Kier molecular flexibility index (Phi) is 5.07. The van der Waals surface area contributed by atoms with E-state index in [0.29, 0.717) is 6.42 Å². The number of halogens is 1. The number of carbonyl (C=O) groups is 1. The number of amidine groups is 1. The summed E-state index contributed by atoms with van der Waals surface area (Å²) in [6.07, 6.45) is 0.568. The maximum atomic E-state index is 12.8. The maximum Gasteiger partial charge on any atom is 0.233 e. The van der Waals surface area contributed by atoms with Gasteiger partial charge in [-0.2, -0.15) is 0 Å². The molecular weight excluding hydrogens is 261 g/mol. The first kappa shape index (κ1) is 15.9. The van der Waals surface area contributed by atoms with Crippen LogP contribution in [-0.2, 0) is 11.2 Å². The highest BCUT2D eigenvalue weighted by Crippen LogP contribution is 2.16. The zero-order chi connectivity index (χ0) is 15.3. The zero-order valence-electron chi connectivity index (χ0n) is 11.9. The third kappa shape index (κ3) is 3.94. The smallest absolute Gasteiger partial charge is 0.233 e. The first-order valence-corrected chi connectivity index (χ1v) is 6.30. The summed E-state index contributed by atoms with van der Waals surface area (Å²) < 4.78 is 12.8. The Labute approximate surface area is 117 Å². The molecule has 6 heteroatoms. The molecule has 0 heterocycles. The molecular formula is C14H20FN3O2. The van der Waals surface area contributed by atoms with Crippen molar-refractivity contribution in [3.63, 3.8) is 0 Å². The van der Waals surface area contributed by atoms with Crippen LogP contribution in [0.1, 0.15) is 26.3 Å². The Morgan fingerprint density at radius 2 is 2.00 bits per heavy atom. The van der Waals surface area contributed by atoms with Gasteiger partial charge >= 0.3 is 0 Å². The number of hydrogen-bond acceptors (Lipinski definition) is 3. The van der Waals surface area contributed by atoms with E-state index in [0.717, 1.165) is 5.56 Å². The quantitative estimate of drug-likeness (QED) is 0.332. The normalized spacial score (nSPS) is 13.9. The van der Waals surface area contributed by atoms with E-state index in [-0.39, 0.29) is 23.6 Å². The van der Waals surface area contributed by atoms with Gasteiger partial charge in [0.25, 0.3) is 0 Å². The van der Waals surface area contributed by atoms with Crippen LogP contribution in [0.5, 0.6) is 0 Å². The van der Waals surface area contributed by atoms with Crippen molar-refractivity contribution in [1.82, 2.24) is 5.32 Å². The van der Waals surface area contributed by atoms with Crippen LogP contribution in [0.4, 0.5) is 4.39 Å². The molecule has 1 unspecified atom stereocenters. The van der Waals surface area contributed by atoms with Crippen LogP contribution in [0.25, 0.3) is 0 Å². The van der Waals surface area contributed by atoms with Crippen LogP contribution in [0, 0.1) is 11.2 Å². The summed E-state index contributed by atoms with van der Waals surface area (Å²) in [5.74, 6) is -0.773. The number of carbonyl (C=O) groups excluding carboxylic acids is 1. The molecule has 1 aromatic carbocycles. The lowest BCUT2D eigenvalue weighted by Crippen LogP contribution is -2.48. The van der Waals surface area contributed by atoms with Crippen LogP contribution in [0.3, 0.4) is 0 Å². The fourth-order valence-electron chi connectivity index (χ4n) is 1.67. The lowest BCUT2D eigenvalue weighted by Gasteiger charge is -2.24. The highest BCUT2D eigenvalue weighted by Gasteiger charge is 2.33. The van der Waals surface area contributed by atoms with E-state index in [9.17, 15) is 9.18 Å². The van der Waals surface area contributed by atoms with Gasteiger partial charge < -0.3 is 16.3 Å². The van der Waals surface area contributed by atoms with Gasteiger partial charge in [0, 0.05) is 6.04 Å². The fraction of sp³-hybridized carbons (Fsp3) is 0.429. The summed E-state index contributed by atoms with van der Waals surface area (Å²) in [7, 11) is 0. The molecule has 1 atom stereocenters. The number of amides is 1. The molecule has 0 aliphatic rings. The highest BCUT2D eigenvalue weighted by atomic mass is 19.1. The van der Waals surface area contributed by atoms with Crippen LogP contribution in [0.15, 0.2) is 29.4 Å². The van der Waals surface area contributed by atoms with Gasteiger partial charge in [-0.25, -0.2) is 4.39 Å². The molecule has 0 saturated carbocycles. The van der Waals surface area contributed by atoms with E-state index in [1.54, 1.807) is 26.0 Å². The first-order chi connectivity index (χ1) is 9.27. The molecule has 0 fully saturated rings. The maximum absolute atomic E-state index is 12.8. The van der Waals surface area contributed by atoms with Gasteiger partial charge in [-0.15, -0.1) is 0 Å². The number of nitrogens with zero attached hydrogens (tertiary/aromatic N) is 1. The van der Waals surface area contributed by atoms with Crippen molar-refractivity contribution in [2.75, 3.05) is 0 Å². The van der Waals surface area contributed by atoms with Gasteiger partial charge in [-0.3, -0.25) is 4.79 Å². The van der Waals surface area contributed by atoms with Crippen molar-refractivity contribution < 1.29 is 14.4 Å². The van der Waals surface area contributed by atoms with E-state index in [4.69, 9.17) is 10.9 Å². The SMILES string of the molecule is CC(Cc1ccc(F)cc1)NC(=O)C(C)(C)C(N)=NO. The Morgan fingerprint density at radius 1 is 1.45 bits per heavy atom. The summed E-state index contributed by atoms with van der Waals surface area (Å²) >= 11 is 0. The molecule has 4 N–H and O–H groups in total. The number of nitrogens with one attached hydrogen (secondary N) is 1. The average molecular weight is 281 g/mol. The summed E-state index contributed by atoms with van der Waals surface area (Å²) in [4.78, 5) is 12.1. The third-order valence-electron chi connectivity index (χ3n) is 3.15. The number of rotatable bonds is 5. The minimum Gasteiger partial charge on any atom is -0.409 e. The molecule has 1 rings (SSSR count). The molecule has 0 radical (unpaired) electrons. The third-order valence-corrected chi connectivity index (χ3v) is 3.15. The van der Waals surface area contributed by atoms with Gasteiger partial charge in [0.05, 0.1) is 0 Å². The minimum absolute atomic E-state index is 0.149. The van der Waals surface area contributed by atoms with Gasteiger partial charge in [0.2, 0.25) is 5.91 Å². The molecule has 110 valence electrons. The molecule has 0 aromatic heterocycles. The largest absolute Gasteiger partial charge is 0.409 e. The van der Waals surface area contributed by atoms with E-state index in [1.807, 2.05) is 6.92 Å². The second-order valence-corrected chi connectivity index (χ2v) is 5.32. The molecule has 20 heavy (non-hydrogen) atoms. The molecule has 1 amide bonds. The van der Waals surface area contributed by atoms with E-state index >= 15 is 0 Å². The topological polar surface area (TPSA) is 87.7 Å². The average Bonchev–Trinajstić information content (AvgIpc) is 2.40. The van der Waals surface area contributed by atoms with Gasteiger partial charge in [0.1, 0.15) is 11.2 Å². The van der Waals surface area contributed by atoms with Crippen LogP contribution in [0.2, 0.25) is 0 Å². The molecule has 0 spiro atoms. The lowest BCUT2D eigenvalue weighted by atomic mass is 9.90. The summed E-state index contributed by atoms with van der Waals surface area (Å²) in [5.41, 5.74) is 5.32. The van der Waals surface area contributed by atoms with Crippen LogP contribution in [-0.4, -0.2) is 23.0 Å². The summed E-state index contributed by atoms with van der Waals surface area (Å²) in [5, 5.41) is 14.3. The molecule has 0 saturated heterocycles. The number of nitrogens with two attached hydrogens (primary N) is 1. The van der Waals surface area contributed by atoms with Crippen molar-refractivity contribution in [3.8, 4) is 0 Å². The minimum atomic E-state index is -1.09. The highest BCUT2D eigenvalue weighted by molar-refractivity contribution is 6.05. The number of oxime groups is 1. The van der Waals surface area contributed by atoms with Crippen molar-refractivity contribution in [1.29, 1.82) is 0 Å². The van der Waals surface area contributed by atoms with Gasteiger partial charge in [0.15, 0.2) is 5.84 Å². The zero-order valence-corrected chi connectivity index (χ0v) is 11.9. The number of hydrogen-bond donors (Lipinski definition) is 3. The predicted molar refractivity (Wildman–Crippen MR) is 74.9 cm³/mol. The Bertz CT molecular complexity index is 498. The molecule has 0 aliphatic heterocycles. The van der Waals surface area contributed by atoms with Crippen molar-refractivity contribution in [2.24, 2.45) is 16.3 Å². The van der Waals surface area contributed by atoms with Gasteiger partial charge in [-0.05, 0) is 44.9 Å². The van der Waals surface area contributed by atoms with Gasteiger partial charge in [-0.1, -0.05) is 17.3 Å². The van der Waals surface area contributed by atoms with E-state index in [1.165, 1.54) is 12.1 Å². The van der Waals surface area contributed by atoms with Crippen LogP contribution < -0.4 is 11.1 Å². The second-order valence-electron chi connectivity index (χ2n) is 5.32. The Morgan fingerprint density at radius 3 is 2.50 bits per heavy atom. The molecule has 1 aromatic rings. The summed E-state index contributed by atoms with van der Waals surface area (Å²) in [6, 6.07) is 5.95. The molecule has 0 bridgehead atoms. The van der Waals surface area contributed by atoms with Crippen LogP contribution >= 0.6 is 0 Å². The first-order valence-electron chi connectivity index (χ1n) is 6.30. The van der Waals surface area contributed by atoms with E-state index in [2.05, 4.69) is 10.5 Å². The van der Waals surface area contributed by atoms with Crippen molar-refractivity contribution in [3.05, 3.63) is 35.6 Å². The van der Waals surface area contributed by atoms with Crippen molar-refractivity contribution in [2.45, 2.75) is 33.2 Å². The molecule has 0 aliphatic carbocycles. The molecule has 5 nitrogen and oxygen atoms in total. The van der Waals surface area contributed by atoms with Crippen molar-refractivity contribution >= 4 is 11.7 Å². The lowest BCUT2D eigenvalue weighted by molar-refractivity contribution is -0.127. The predicted octanol–water partition coefficient (Wildman–Crippen LogP) is 1.65. The fourth-order valence-corrected chi connectivity index (χ4v) is 1.67. The summed E-state index contributed by atoms with van der Waals surface area (Å²) in [6.45, 7) is 4.98. The van der Waals surface area contributed by atoms with E-state index < -0.39 is 5.41 Å². The second kappa shape index (κ2) is 6.36. The monoisotopic (exact) mass is 281 g/mol.